The van der Waals surface area contributed by atoms with Gasteiger partial charge in [-0.25, -0.2) is 4.85 Å². The SMILES string of the molecule is [C-]#[N+]c1c(C)c(Cl)c(O)c(CCCCCCCOC(=O)C(C)(C)C)c1O. The van der Waals surface area contributed by atoms with Crippen LogP contribution < -0.4 is 0 Å². The summed E-state index contributed by atoms with van der Waals surface area (Å²) in [6.45, 7) is 14.7. The van der Waals surface area contributed by atoms with Crippen molar-refractivity contribution in [2.24, 2.45) is 5.41 Å². The van der Waals surface area contributed by atoms with Gasteiger partial charge in [0.2, 0.25) is 5.69 Å². The molecular formula is C20H28ClNO4. The zero-order chi connectivity index (χ0) is 19.9. The van der Waals surface area contributed by atoms with Crippen LogP contribution in [0.25, 0.3) is 4.85 Å². The van der Waals surface area contributed by atoms with Gasteiger partial charge in [-0.3, -0.25) is 4.79 Å². The van der Waals surface area contributed by atoms with Gasteiger partial charge in [-0.1, -0.05) is 30.9 Å². The summed E-state index contributed by atoms with van der Waals surface area (Å²) < 4.78 is 5.22. The van der Waals surface area contributed by atoms with Crippen LogP contribution in [0.2, 0.25) is 5.02 Å². The summed E-state index contributed by atoms with van der Waals surface area (Å²) in [6, 6.07) is 0. The Morgan fingerprint density at radius 1 is 1.12 bits per heavy atom. The van der Waals surface area contributed by atoms with E-state index in [1.165, 1.54) is 0 Å². The fraction of sp³-hybridized carbons (Fsp3) is 0.600. The molecule has 0 heterocycles. The van der Waals surface area contributed by atoms with E-state index in [4.69, 9.17) is 22.9 Å². The number of unbranched alkanes of at least 4 members (excludes halogenated alkanes) is 4. The zero-order valence-electron chi connectivity index (χ0n) is 16.0. The predicted molar refractivity (Wildman–Crippen MR) is 103 cm³/mol. The van der Waals surface area contributed by atoms with E-state index in [0.717, 1.165) is 32.1 Å². The molecule has 0 spiro atoms. The molecule has 0 aliphatic heterocycles. The maximum atomic E-state index is 11.6. The van der Waals surface area contributed by atoms with Gasteiger partial charge >= 0.3 is 5.97 Å². The highest BCUT2D eigenvalue weighted by molar-refractivity contribution is 6.33. The summed E-state index contributed by atoms with van der Waals surface area (Å²) in [5.74, 6) is -0.494. The van der Waals surface area contributed by atoms with E-state index in [9.17, 15) is 15.0 Å². The quantitative estimate of drug-likeness (QED) is 0.344. The number of benzene rings is 1. The highest BCUT2D eigenvalue weighted by Gasteiger charge is 2.22. The van der Waals surface area contributed by atoms with E-state index in [2.05, 4.69) is 4.85 Å². The third-order valence-corrected chi connectivity index (χ3v) is 4.68. The Labute approximate surface area is 160 Å². The molecule has 2 N–H and O–H groups in total. The van der Waals surface area contributed by atoms with Crippen LogP contribution in [0.5, 0.6) is 11.5 Å². The molecule has 0 atom stereocenters. The highest BCUT2D eigenvalue weighted by atomic mass is 35.5. The number of carbonyl (C=O) groups excluding carboxylic acids is 1. The van der Waals surface area contributed by atoms with Crippen LogP contribution in [0.4, 0.5) is 5.69 Å². The third-order valence-electron chi connectivity index (χ3n) is 4.22. The monoisotopic (exact) mass is 381 g/mol. The minimum atomic E-state index is -0.469. The van der Waals surface area contributed by atoms with Crippen molar-refractivity contribution in [3.63, 3.8) is 0 Å². The number of carbonyl (C=O) groups is 1. The largest absolute Gasteiger partial charge is 0.519 e. The summed E-state index contributed by atoms with van der Waals surface area (Å²) in [5, 5.41) is 20.4. The molecule has 0 aromatic heterocycles. The van der Waals surface area contributed by atoms with Gasteiger partial charge in [-0.15, -0.1) is 0 Å². The molecule has 0 aliphatic rings. The summed E-state index contributed by atoms with van der Waals surface area (Å²) in [7, 11) is 0. The molecule has 1 aromatic carbocycles. The molecule has 0 bridgehead atoms. The van der Waals surface area contributed by atoms with Crippen LogP contribution in [-0.2, 0) is 16.0 Å². The summed E-state index contributed by atoms with van der Waals surface area (Å²) in [6.07, 6.45) is 4.85. The fourth-order valence-electron chi connectivity index (χ4n) is 2.54. The number of phenolic OH excluding ortho intramolecular Hbond substituents is 2. The van der Waals surface area contributed by atoms with Crippen molar-refractivity contribution >= 4 is 23.3 Å². The number of hydrogen-bond donors (Lipinski definition) is 2. The van der Waals surface area contributed by atoms with E-state index in [1.807, 2.05) is 20.8 Å². The van der Waals surface area contributed by atoms with Crippen LogP contribution in [0.15, 0.2) is 0 Å². The molecule has 1 aromatic rings. The third kappa shape index (κ3) is 5.81. The van der Waals surface area contributed by atoms with Crippen LogP contribution in [0, 0.1) is 18.9 Å². The van der Waals surface area contributed by atoms with Crippen molar-refractivity contribution in [3.05, 3.63) is 27.6 Å². The maximum absolute atomic E-state index is 11.6. The van der Waals surface area contributed by atoms with Crippen molar-refractivity contribution in [3.8, 4) is 11.5 Å². The fourth-order valence-corrected chi connectivity index (χ4v) is 2.74. The van der Waals surface area contributed by atoms with Crippen LogP contribution in [0.3, 0.4) is 0 Å². The second kappa shape index (κ2) is 9.68. The first-order valence-corrected chi connectivity index (χ1v) is 9.26. The van der Waals surface area contributed by atoms with Gasteiger partial charge in [0.05, 0.1) is 23.6 Å². The lowest BCUT2D eigenvalue weighted by Crippen LogP contribution is -2.23. The smallest absolute Gasteiger partial charge is 0.311 e. The molecule has 6 heteroatoms. The van der Waals surface area contributed by atoms with Crippen molar-refractivity contribution in [2.45, 2.75) is 66.2 Å². The molecule has 0 radical (unpaired) electrons. The van der Waals surface area contributed by atoms with Crippen molar-refractivity contribution in [2.75, 3.05) is 6.61 Å². The van der Waals surface area contributed by atoms with E-state index in [0.29, 0.717) is 24.2 Å². The van der Waals surface area contributed by atoms with Crippen molar-refractivity contribution in [1.82, 2.24) is 0 Å². The molecule has 0 unspecified atom stereocenters. The molecule has 0 amide bonds. The molecule has 26 heavy (non-hydrogen) atoms. The molecular weight excluding hydrogens is 354 g/mol. The Morgan fingerprint density at radius 3 is 2.27 bits per heavy atom. The first kappa shape index (κ1) is 22.1. The molecule has 0 fully saturated rings. The summed E-state index contributed by atoms with van der Waals surface area (Å²) >= 11 is 6.05. The first-order valence-electron chi connectivity index (χ1n) is 8.88. The molecule has 0 aliphatic carbocycles. The normalized spacial score (nSPS) is 11.2. The minimum absolute atomic E-state index is 0.100. The van der Waals surface area contributed by atoms with Gasteiger partial charge in [-0.05, 0) is 52.5 Å². The maximum Gasteiger partial charge on any atom is 0.311 e. The highest BCUT2D eigenvalue weighted by Crippen LogP contribution is 2.45. The van der Waals surface area contributed by atoms with E-state index in [1.54, 1.807) is 6.92 Å². The molecule has 144 valence electrons. The number of ether oxygens (including phenoxy) is 1. The van der Waals surface area contributed by atoms with Gasteiger partial charge < -0.3 is 14.9 Å². The summed E-state index contributed by atoms with van der Waals surface area (Å²) in [5.41, 5.74) is 0.364. The first-order chi connectivity index (χ1) is 12.1. The molecule has 0 saturated heterocycles. The second-order valence-corrected chi connectivity index (χ2v) is 7.86. The second-order valence-electron chi connectivity index (χ2n) is 7.48. The number of halogens is 1. The molecule has 1 rings (SSSR count). The minimum Gasteiger partial charge on any atom is -0.519 e. The van der Waals surface area contributed by atoms with E-state index in [-0.39, 0.29) is 28.2 Å². The van der Waals surface area contributed by atoms with Gasteiger partial charge in [-0.2, -0.15) is 0 Å². The van der Waals surface area contributed by atoms with Gasteiger partial charge in [0.1, 0.15) is 11.5 Å². The van der Waals surface area contributed by atoms with Crippen LogP contribution in [0.1, 0.15) is 64.0 Å². The zero-order valence-corrected chi connectivity index (χ0v) is 16.7. The van der Waals surface area contributed by atoms with Gasteiger partial charge in [0.15, 0.2) is 0 Å². The lowest BCUT2D eigenvalue weighted by molar-refractivity contribution is -0.153. The predicted octanol–water partition coefficient (Wildman–Crippen LogP) is 5.69. The van der Waals surface area contributed by atoms with Crippen LogP contribution in [-0.4, -0.2) is 22.8 Å². The Hall–Kier alpha value is -1.93. The van der Waals surface area contributed by atoms with Crippen LogP contribution >= 0.6 is 11.6 Å². The number of aromatic hydroxyl groups is 2. The molecule has 0 saturated carbocycles. The Balaban J connectivity index is 2.39. The lowest BCUT2D eigenvalue weighted by Gasteiger charge is -2.16. The topological polar surface area (TPSA) is 71.1 Å². The lowest BCUT2D eigenvalue weighted by atomic mass is 9.97. The average Bonchev–Trinajstić information content (AvgIpc) is 2.57. The van der Waals surface area contributed by atoms with Crippen molar-refractivity contribution in [1.29, 1.82) is 0 Å². The number of hydrogen-bond acceptors (Lipinski definition) is 4. The number of phenols is 2. The Kier molecular flexibility index (Phi) is 8.23. The standard InChI is InChI=1S/C20H28ClNO4/c1-13-15(21)17(23)14(18(24)16(13)22-5)11-9-7-6-8-10-12-26-19(25)20(2,3)4/h23-24H,6-12H2,1-4H3. The average molecular weight is 382 g/mol. The number of esters is 1. The van der Waals surface area contributed by atoms with Gasteiger partial charge in [0.25, 0.3) is 0 Å². The van der Waals surface area contributed by atoms with Gasteiger partial charge in [0, 0.05) is 5.56 Å². The van der Waals surface area contributed by atoms with Crippen molar-refractivity contribution < 1.29 is 19.7 Å². The molecule has 5 nitrogen and oxygen atoms in total. The number of nitrogens with zero attached hydrogens (tertiary/aromatic N) is 1. The van der Waals surface area contributed by atoms with E-state index >= 15 is 0 Å². The number of rotatable bonds is 8. The Morgan fingerprint density at radius 2 is 1.69 bits per heavy atom. The Bertz CT molecular complexity index is 687. The summed E-state index contributed by atoms with van der Waals surface area (Å²) in [4.78, 5) is 14.9. The van der Waals surface area contributed by atoms with E-state index < -0.39 is 5.41 Å².